The summed E-state index contributed by atoms with van der Waals surface area (Å²) >= 11 is 6.04. The van der Waals surface area contributed by atoms with Gasteiger partial charge in [0.15, 0.2) is 18.1 Å². The van der Waals surface area contributed by atoms with Crippen LogP contribution < -0.4 is 9.47 Å². The van der Waals surface area contributed by atoms with Crippen LogP contribution in [0, 0.1) is 0 Å². The molecule has 0 unspecified atom stereocenters. The van der Waals surface area contributed by atoms with Crippen LogP contribution in [-0.4, -0.2) is 42.6 Å². The van der Waals surface area contributed by atoms with Crippen LogP contribution in [0.15, 0.2) is 18.2 Å². The van der Waals surface area contributed by atoms with E-state index in [1.54, 1.807) is 12.1 Å². The molecule has 0 radical (unpaired) electrons. The van der Waals surface area contributed by atoms with Gasteiger partial charge in [0.1, 0.15) is 0 Å². The van der Waals surface area contributed by atoms with E-state index in [1.165, 1.54) is 12.2 Å². The summed E-state index contributed by atoms with van der Waals surface area (Å²) in [6, 6.07) is 3.29. The standard InChI is InChI=1S/C16H14ClNO6/c17-11-6-10(7-12-16(11)24-9-23-12)3-4-15(21)22-8-14(20)18-5-1-2-13(18)19/h3-4,6-7H,1-2,5,8-9H2/b4-3+. The molecule has 7 nitrogen and oxygen atoms in total. The van der Waals surface area contributed by atoms with E-state index in [4.69, 9.17) is 25.8 Å². The summed E-state index contributed by atoms with van der Waals surface area (Å²) in [5.74, 6) is -0.466. The van der Waals surface area contributed by atoms with Gasteiger partial charge in [-0.25, -0.2) is 4.79 Å². The van der Waals surface area contributed by atoms with Gasteiger partial charge in [-0.05, 0) is 30.2 Å². The summed E-state index contributed by atoms with van der Waals surface area (Å²) in [4.78, 5) is 36.0. The van der Waals surface area contributed by atoms with Gasteiger partial charge in [-0.1, -0.05) is 11.6 Å². The number of carbonyl (C=O) groups is 3. The molecule has 8 heteroatoms. The lowest BCUT2D eigenvalue weighted by molar-refractivity contribution is -0.151. The zero-order chi connectivity index (χ0) is 17.1. The van der Waals surface area contributed by atoms with Crippen LogP contribution in [0.2, 0.25) is 5.02 Å². The zero-order valence-electron chi connectivity index (χ0n) is 12.6. The average Bonchev–Trinajstić information content (AvgIpc) is 3.19. The first kappa shape index (κ1) is 16.3. The largest absolute Gasteiger partial charge is 0.454 e. The van der Waals surface area contributed by atoms with Gasteiger partial charge in [-0.3, -0.25) is 14.5 Å². The van der Waals surface area contributed by atoms with Crippen molar-refractivity contribution in [3.8, 4) is 11.5 Å². The summed E-state index contributed by atoms with van der Waals surface area (Å²) < 4.78 is 15.3. The van der Waals surface area contributed by atoms with E-state index in [0.29, 0.717) is 41.5 Å². The third-order valence-corrected chi connectivity index (χ3v) is 3.85. The van der Waals surface area contributed by atoms with E-state index in [2.05, 4.69) is 0 Å². The van der Waals surface area contributed by atoms with E-state index in [9.17, 15) is 14.4 Å². The first-order valence-electron chi connectivity index (χ1n) is 7.32. The highest BCUT2D eigenvalue weighted by molar-refractivity contribution is 6.32. The molecule has 1 aromatic carbocycles. The van der Waals surface area contributed by atoms with E-state index in [-0.39, 0.29) is 12.7 Å². The van der Waals surface area contributed by atoms with E-state index in [0.717, 1.165) is 4.90 Å². The summed E-state index contributed by atoms with van der Waals surface area (Å²) in [6.07, 6.45) is 3.66. The predicted molar refractivity (Wildman–Crippen MR) is 83.5 cm³/mol. The molecule has 2 aliphatic rings. The Morgan fingerprint density at radius 3 is 2.92 bits per heavy atom. The number of ether oxygens (including phenoxy) is 3. The van der Waals surface area contributed by atoms with Gasteiger partial charge in [0.2, 0.25) is 12.7 Å². The highest BCUT2D eigenvalue weighted by Crippen LogP contribution is 2.40. The van der Waals surface area contributed by atoms with Gasteiger partial charge in [0, 0.05) is 19.0 Å². The molecule has 24 heavy (non-hydrogen) atoms. The number of rotatable bonds is 4. The average molecular weight is 352 g/mol. The molecule has 2 amide bonds. The minimum atomic E-state index is -0.691. The number of imide groups is 1. The topological polar surface area (TPSA) is 82.1 Å². The van der Waals surface area contributed by atoms with Crippen molar-refractivity contribution in [3.05, 3.63) is 28.8 Å². The van der Waals surface area contributed by atoms with Gasteiger partial charge < -0.3 is 14.2 Å². The maximum Gasteiger partial charge on any atom is 0.331 e. The van der Waals surface area contributed by atoms with Crippen molar-refractivity contribution in [1.29, 1.82) is 0 Å². The Bertz CT molecular complexity index is 730. The number of esters is 1. The molecule has 0 spiro atoms. The molecule has 1 aromatic rings. The minimum absolute atomic E-state index is 0.0988. The first-order valence-corrected chi connectivity index (χ1v) is 7.69. The molecule has 2 heterocycles. The molecule has 0 aliphatic carbocycles. The third-order valence-electron chi connectivity index (χ3n) is 3.57. The number of hydrogen-bond acceptors (Lipinski definition) is 6. The van der Waals surface area contributed by atoms with Crippen molar-refractivity contribution in [3.63, 3.8) is 0 Å². The van der Waals surface area contributed by atoms with Crippen molar-refractivity contribution < 1.29 is 28.6 Å². The zero-order valence-corrected chi connectivity index (χ0v) is 13.4. The lowest BCUT2D eigenvalue weighted by Crippen LogP contribution is -2.35. The fourth-order valence-corrected chi connectivity index (χ4v) is 2.69. The Hall–Kier alpha value is -2.54. The van der Waals surface area contributed by atoms with Crippen molar-refractivity contribution in [2.75, 3.05) is 19.9 Å². The Labute approximate surface area is 142 Å². The third kappa shape index (κ3) is 3.51. The van der Waals surface area contributed by atoms with E-state index in [1.807, 2.05) is 0 Å². The summed E-state index contributed by atoms with van der Waals surface area (Å²) in [5.41, 5.74) is 0.627. The van der Waals surface area contributed by atoms with Crippen molar-refractivity contribution in [2.45, 2.75) is 12.8 Å². The molecule has 1 fully saturated rings. The van der Waals surface area contributed by atoms with Gasteiger partial charge >= 0.3 is 5.97 Å². The maximum absolute atomic E-state index is 11.8. The van der Waals surface area contributed by atoms with Crippen molar-refractivity contribution in [2.24, 2.45) is 0 Å². The minimum Gasteiger partial charge on any atom is -0.454 e. The van der Waals surface area contributed by atoms with Crippen molar-refractivity contribution >= 4 is 35.5 Å². The van der Waals surface area contributed by atoms with E-state index >= 15 is 0 Å². The SMILES string of the molecule is O=C(/C=C/c1cc(Cl)c2c(c1)OCO2)OCC(=O)N1CCCC1=O. The number of amides is 2. The van der Waals surface area contributed by atoms with Gasteiger partial charge in [-0.2, -0.15) is 0 Å². The molecule has 2 aliphatic heterocycles. The second-order valence-electron chi connectivity index (χ2n) is 5.22. The monoisotopic (exact) mass is 351 g/mol. The lowest BCUT2D eigenvalue weighted by Gasteiger charge is -2.12. The van der Waals surface area contributed by atoms with Crippen LogP contribution in [0.3, 0.4) is 0 Å². The van der Waals surface area contributed by atoms with Gasteiger partial charge in [0.25, 0.3) is 5.91 Å². The molecular formula is C16H14ClNO6. The van der Waals surface area contributed by atoms with Gasteiger partial charge in [-0.15, -0.1) is 0 Å². The van der Waals surface area contributed by atoms with E-state index < -0.39 is 18.5 Å². The predicted octanol–water partition coefficient (Wildman–Crippen LogP) is 1.77. The molecule has 0 N–H and O–H groups in total. The van der Waals surface area contributed by atoms with Crippen LogP contribution in [0.5, 0.6) is 11.5 Å². The van der Waals surface area contributed by atoms with Crippen molar-refractivity contribution in [1.82, 2.24) is 4.90 Å². The number of halogens is 1. The first-order chi connectivity index (χ1) is 11.5. The van der Waals surface area contributed by atoms with Crippen LogP contribution in [0.1, 0.15) is 18.4 Å². The number of nitrogens with zero attached hydrogens (tertiary/aromatic N) is 1. The Morgan fingerprint density at radius 2 is 2.17 bits per heavy atom. The lowest BCUT2D eigenvalue weighted by atomic mass is 10.2. The molecule has 0 saturated carbocycles. The number of hydrogen-bond donors (Lipinski definition) is 0. The maximum atomic E-state index is 11.8. The molecular weight excluding hydrogens is 338 g/mol. The van der Waals surface area contributed by atoms with Crippen LogP contribution in [0.4, 0.5) is 0 Å². The molecule has 0 aromatic heterocycles. The summed E-state index contributed by atoms with van der Waals surface area (Å²) in [5, 5.41) is 0.376. The fourth-order valence-electron chi connectivity index (χ4n) is 2.42. The molecule has 126 valence electrons. The highest BCUT2D eigenvalue weighted by Gasteiger charge is 2.26. The molecule has 0 atom stereocenters. The smallest absolute Gasteiger partial charge is 0.331 e. The number of carbonyl (C=O) groups excluding carboxylic acids is 3. The number of fused-ring (bicyclic) bond motifs is 1. The van der Waals surface area contributed by atoms with Crippen LogP contribution in [0.25, 0.3) is 6.08 Å². The normalized spacial score (nSPS) is 16.0. The molecule has 3 rings (SSSR count). The number of benzene rings is 1. The fraction of sp³-hybridized carbons (Fsp3) is 0.312. The summed E-state index contributed by atoms with van der Waals surface area (Å²) in [6.45, 7) is 0.0131. The number of likely N-dealkylation sites (tertiary alicyclic amines) is 1. The molecule has 1 saturated heterocycles. The van der Waals surface area contributed by atoms with Gasteiger partial charge in [0.05, 0.1) is 5.02 Å². The second-order valence-corrected chi connectivity index (χ2v) is 5.63. The Balaban J connectivity index is 1.55. The highest BCUT2D eigenvalue weighted by atomic mass is 35.5. The Kier molecular flexibility index (Phi) is 4.71. The van der Waals surface area contributed by atoms with Crippen LogP contribution in [-0.2, 0) is 19.1 Å². The molecule has 0 bridgehead atoms. The summed E-state index contributed by atoms with van der Waals surface area (Å²) in [7, 11) is 0. The van der Waals surface area contributed by atoms with Crippen LogP contribution >= 0.6 is 11.6 Å². The Morgan fingerprint density at radius 1 is 1.33 bits per heavy atom. The second kappa shape index (κ2) is 6.92. The quantitative estimate of drug-likeness (QED) is 0.607.